The van der Waals surface area contributed by atoms with Crippen LogP contribution < -0.4 is 4.74 Å². The number of rotatable bonds is 6. The second-order valence-electron chi connectivity index (χ2n) is 8.51. The maximum absolute atomic E-state index is 6.08. The van der Waals surface area contributed by atoms with Crippen LogP contribution in [0.2, 0.25) is 0 Å². The van der Waals surface area contributed by atoms with Gasteiger partial charge >= 0.3 is 0 Å². The van der Waals surface area contributed by atoms with Gasteiger partial charge in [0.05, 0.1) is 0 Å². The summed E-state index contributed by atoms with van der Waals surface area (Å²) in [5.74, 6) is 0.953. The maximum Gasteiger partial charge on any atom is 0.120 e. The number of fused-ring (bicyclic) bond motifs is 2. The van der Waals surface area contributed by atoms with Gasteiger partial charge in [0.2, 0.25) is 0 Å². The van der Waals surface area contributed by atoms with Crippen LogP contribution in [0.25, 0.3) is 5.57 Å². The van der Waals surface area contributed by atoms with Crippen LogP contribution in [-0.2, 0) is 13.2 Å². The van der Waals surface area contributed by atoms with Crippen molar-refractivity contribution in [3.05, 3.63) is 108 Å². The lowest BCUT2D eigenvalue weighted by atomic mass is 9.82. The molecule has 0 radical (unpaired) electrons. The molecular weight excluding hydrogens is 366 g/mol. The lowest BCUT2D eigenvalue weighted by Crippen LogP contribution is -2.47. The molecule has 30 heavy (non-hydrogen) atoms. The zero-order chi connectivity index (χ0) is 20.2. The summed E-state index contributed by atoms with van der Waals surface area (Å²) in [6.07, 6.45) is 7.55. The number of benzene rings is 3. The van der Waals surface area contributed by atoms with Crippen LogP contribution in [0.15, 0.2) is 91.0 Å². The first-order chi connectivity index (χ1) is 14.8. The highest BCUT2D eigenvalue weighted by molar-refractivity contribution is 5.68. The lowest BCUT2D eigenvalue weighted by Gasteiger charge is -2.45. The summed E-state index contributed by atoms with van der Waals surface area (Å²) >= 11 is 0. The van der Waals surface area contributed by atoms with E-state index in [4.69, 9.17) is 4.74 Å². The van der Waals surface area contributed by atoms with E-state index in [1.54, 1.807) is 0 Å². The second kappa shape index (κ2) is 8.89. The fourth-order valence-corrected chi connectivity index (χ4v) is 4.90. The van der Waals surface area contributed by atoms with E-state index in [0.717, 1.165) is 18.7 Å². The molecule has 2 atom stereocenters. The molecule has 1 saturated heterocycles. The minimum absolute atomic E-state index is 0.543. The Labute approximate surface area is 179 Å². The molecule has 2 heteroatoms. The second-order valence-corrected chi connectivity index (χ2v) is 8.51. The van der Waals surface area contributed by atoms with Gasteiger partial charge in [0.15, 0.2) is 0 Å². The Kier molecular flexibility index (Phi) is 5.67. The number of piperidine rings is 1. The van der Waals surface area contributed by atoms with E-state index >= 15 is 0 Å². The number of hydrogen-bond acceptors (Lipinski definition) is 2. The van der Waals surface area contributed by atoms with Crippen LogP contribution in [-0.4, -0.2) is 17.0 Å². The Morgan fingerprint density at radius 3 is 2.33 bits per heavy atom. The standard InChI is InChI=1S/C28H29NO/c1-3-9-22(10-4-1)20-29-26-14-8-15-27(29)18-25(17-26)24-13-7-16-28(19-24)30-21-23-11-5-2-6-12-23/h1-7,9-13,16-17,19,26-27H,8,14-15,18,20-21H2. The van der Waals surface area contributed by atoms with Crippen molar-refractivity contribution < 1.29 is 4.74 Å². The Morgan fingerprint density at radius 2 is 1.57 bits per heavy atom. The summed E-state index contributed by atoms with van der Waals surface area (Å²) in [5, 5.41) is 0. The molecule has 0 spiro atoms. The lowest BCUT2D eigenvalue weighted by molar-refractivity contribution is 0.0951. The molecule has 0 amide bonds. The van der Waals surface area contributed by atoms with Crippen molar-refractivity contribution in [2.75, 3.05) is 0 Å². The largest absolute Gasteiger partial charge is 0.489 e. The quantitative estimate of drug-likeness (QED) is 0.474. The van der Waals surface area contributed by atoms with Crippen molar-refractivity contribution in [3.63, 3.8) is 0 Å². The normalized spacial score (nSPS) is 21.1. The smallest absolute Gasteiger partial charge is 0.120 e. The fraction of sp³-hybridized carbons (Fsp3) is 0.286. The molecule has 0 aliphatic carbocycles. The Bertz CT molecular complexity index is 995. The predicted octanol–water partition coefficient (Wildman–Crippen LogP) is 6.48. The third kappa shape index (κ3) is 4.34. The van der Waals surface area contributed by atoms with Crippen molar-refractivity contribution >= 4 is 5.57 Å². The van der Waals surface area contributed by atoms with Gasteiger partial charge in [0, 0.05) is 18.6 Å². The van der Waals surface area contributed by atoms with Gasteiger partial charge in [-0.25, -0.2) is 0 Å². The third-order valence-electron chi connectivity index (χ3n) is 6.44. The van der Waals surface area contributed by atoms with Crippen molar-refractivity contribution in [2.24, 2.45) is 0 Å². The summed E-state index contributed by atoms with van der Waals surface area (Å²) in [7, 11) is 0. The number of ether oxygens (including phenoxy) is 1. The van der Waals surface area contributed by atoms with Crippen LogP contribution in [0.5, 0.6) is 5.75 Å². The molecule has 2 aliphatic rings. The first kappa shape index (κ1) is 19.1. The van der Waals surface area contributed by atoms with E-state index in [-0.39, 0.29) is 0 Å². The Hall–Kier alpha value is -2.84. The van der Waals surface area contributed by atoms with Crippen LogP contribution in [0, 0.1) is 0 Å². The highest BCUT2D eigenvalue weighted by Crippen LogP contribution is 2.38. The maximum atomic E-state index is 6.08. The predicted molar refractivity (Wildman–Crippen MR) is 123 cm³/mol. The minimum Gasteiger partial charge on any atom is -0.489 e. The first-order valence-electron chi connectivity index (χ1n) is 11.1. The molecule has 1 fully saturated rings. The molecule has 5 rings (SSSR count). The van der Waals surface area contributed by atoms with Gasteiger partial charge in [-0.2, -0.15) is 0 Å². The summed E-state index contributed by atoms with van der Waals surface area (Å²) < 4.78 is 6.08. The van der Waals surface area contributed by atoms with Crippen molar-refractivity contribution in [3.8, 4) is 5.75 Å². The molecule has 2 nitrogen and oxygen atoms in total. The molecule has 0 aromatic heterocycles. The summed E-state index contributed by atoms with van der Waals surface area (Å²) in [6.45, 7) is 1.67. The molecule has 2 unspecified atom stereocenters. The summed E-state index contributed by atoms with van der Waals surface area (Å²) in [5.41, 5.74) is 5.42. The van der Waals surface area contributed by atoms with Crippen LogP contribution in [0.4, 0.5) is 0 Å². The van der Waals surface area contributed by atoms with E-state index in [0.29, 0.717) is 18.7 Å². The summed E-state index contributed by atoms with van der Waals surface area (Å²) in [4.78, 5) is 2.72. The van der Waals surface area contributed by atoms with Crippen LogP contribution in [0.3, 0.4) is 0 Å². The van der Waals surface area contributed by atoms with E-state index in [1.165, 1.54) is 41.5 Å². The van der Waals surface area contributed by atoms with Crippen molar-refractivity contribution in [1.29, 1.82) is 0 Å². The monoisotopic (exact) mass is 395 g/mol. The zero-order valence-corrected chi connectivity index (χ0v) is 17.4. The fourth-order valence-electron chi connectivity index (χ4n) is 4.90. The third-order valence-corrected chi connectivity index (χ3v) is 6.44. The average molecular weight is 396 g/mol. The van der Waals surface area contributed by atoms with E-state index in [1.807, 2.05) is 6.07 Å². The van der Waals surface area contributed by atoms with Crippen molar-refractivity contribution in [2.45, 2.75) is 50.9 Å². The van der Waals surface area contributed by atoms with Gasteiger partial charge in [-0.3, -0.25) is 4.90 Å². The molecule has 2 bridgehead atoms. The van der Waals surface area contributed by atoms with Gasteiger partial charge in [-0.15, -0.1) is 0 Å². The van der Waals surface area contributed by atoms with E-state index < -0.39 is 0 Å². The number of hydrogen-bond donors (Lipinski definition) is 0. The van der Waals surface area contributed by atoms with E-state index in [2.05, 4.69) is 89.8 Å². The molecule has 2 heterocycles. The van der Waals surface area contributed by atoms with Gasteiger partial charge < -0.3 is 4.74 Å². The van der Waals surface area contributed by atoms with Crippen molar-refractivity contribution in [1.82, 2.24) is 4.90 Å². The minimum atomic E-state index is 0.543. The Balaban J connectivity index is 1.32. The molecule has 2 aliphatic heterocycles. The topological polar surface area (TPSA) is 12.5 Å². The highest BCUT2D eigenvalue weighted by atomic mass is 16.5. The van der Waals surface area contributed by atoms with Crippen LogP contribution >= 0.6 is 0 Å². The Morgan fingerprint density at radius 1 is 0.800 bits per heavy atom. The van der Waals surface area contributed by atoms with Gasteiger partial charge in [-0.05, 0) is 53.7 Å². The molecule has 152 valence electrons. The molecule has 0 N–H and O–H groups in total. The van der Waals surface area contributed by atoms with Gasteiger partial charge in [-0.1, -0.05) is 85.3 Å². The van der Waals surface area contributed by atoms with E-state index in [9.17, 15) is 0 Å². The average Bonchev–Trinajstić information content (AvgIpc) is 2.79. The highest BCUT2D eigenvalue weighted by Gasteiger charge is 2.34. The van der Waals surface area contributed by atoms with Gasteiger partial charge in [0.25, 0.3) is 0 Å². The SMILES string of the molecule is C1=C(c2cccc(OCc3ccccc3)c2)CC2CCCC1N2Cc1ccccc1. The van der Waals surface area contributed by atoms with Crippen LogP contribution in [0.1, 0.15) is 42.4 Å². The summed E-state index contributed by atoms with van der Waals surface area (Å²) in [6, 6.07) is 31.1. The molecule has 3 aromatic rings. The first-order valence-corrected chi connectivity index (χ1v) is 11.1. The van der Waals surface area contributed by atoms with Gasteiger partial charge in [0.1, 0.15) is 12.4 Å². The molecule has 0 saturated carbocycles. The number of nitrogens with zero attached hydrogens (tertiary/aromatic N) is 1. The zero-order valence-electron chi connectivity index (χ0n) is 17.4. The molecular formula is C28H29NO. The molecule has 3 aromatic carbocycles.